The molecule has 47 valence electrons. The molecule has 2 heteroatoms. The van der Waals surface area contributed by atoms with Crippen LogP contribution in [-0.2, 0) is 13.5 Å². The van der Waals surface area contributed by atoms with Crippen molar-refractivity contribution >= 4 is 13.5 Å². The molecule has 0 fully saturated rings. The van der Waals surface area contributed by atoms with Crippen LogP contribution in [-0.4, -0.2) is 0 Å². The van der Waals surface area contributed by atoms with Gasteiger partial charge in [-0.15, -0.1) is 0 Å². The summed E-state index contributed by atoms with van der Waals surface area (Å²) in [6.45, 7) is 0. The Kier molecular flexibility index (Phi) is 6.27. The molecule has 0 spiro atoms. The maximum absolute atomic E-state index is 2.35. The summed E-state index contributed by atoms with van der Waals surface area (Å²) in [6.07, 6.45) is 0. The third-order valence-corrected chi connectivity index (χ3v) is 0. The molecule has 6 heavy (non-hydrogen) atoms. The molecule has 0 radical (unpaired) electrons. The Hall–Kier alpha value is 1.58. The Morgan fingerprint density at radius 3 is 0.833 bits per heavy atom. The van der Waals surface area contributed by atoms with Crippen molar-refractivity contribution in [3.8, 4) is 0 Å². The van der Waals surface area contributed by atoms with Gasteiger partial charge < -0.3 is 13.5 Å². The molecule has 0 heterocycles. The summed E-state index contributed by atoms with van der Waals surface area (Å²) in [5, 5.41) is 0. The van der Waals surface area contributed by atoms with E-state index in [4.69, 9.17) is 0 Å². The van der Waals surface area contributed by atoms with E-state index in [9.17, 15) is 0 Å². The van der Waals surface area contributed by atoms with Crippen molar-refractivity contribution in [3.63, 3.8) is 0 Å². The monoisotopic (exact) mass is 261 g/mol. The molecule has 0 atom stereocenters. The SMILES string of the molecule is [CH3][Tm+2]([CH3])([CH3])[CH3].[S-2]. The van der Waals surface area contributed by atoms with E-state index in [-0.39, 0.29) is 13.5 Å². The van der Waals surface area contributed by atoms with Crippen molar-refractivity contribution in [1.82, 2.24) is 0 Å². The van der Waals surface area contributed by atoms with Crippen molar-refractivity contribution in [2.75, 3.05) is 0 Å². The zero-order valence-corrected chi connectivity index (χ0v) is 7.28. The molecule has 0 saturated carbocycles. The van der Waals surface area contributed by atoms with Crippen LogP contribution < -0.4 is 0 Å². The molecular formula is C4H12STm. The van der Waals surface area contributed by atoms with Crippen LogP contribution in [0.25, 0.3) is 0 Å². The Labute approximate surface area is 54.6 Å². The van der Waals surface area contributed by atoms with Crippen LogP contribution in [0.4, 0.5) is 0 Å². The van der Waals surface area contributed by atoms with Gasteiger partial charge >= 0.3 is 41.8 Å². The first kappa shape index (κ1) is 10.5. The molecule has 0 aliphatic carbocycles. The zero-order chi connectivity index (χ0) is 4.50. The van der Waals surface area contributed by atoms with Crippen molar-refractivity contribution in [2.45, 2.75) is 12.6 Å². The molecule has 0 aromatic rings. The van der Waals surface area contributed by atoms with E-state index in [0.29, 0.717) is 0 Å². The van der Waals surface area contributed by atoms with E-state index in [0.717, 1.165) is 0 Å². The van der Waals surface area contributed by atoms with Crippen LogP contribution in [0, 0.1) is 29.2 Å². The minimum atomic E-state index is -0.778. The smallest absolute Gasteiger partial charge is 2.00 e. The van der Waals surface area contributed by atoms with E-state index in [1.165, 1.54) is 0 Å². The quantitative estimate of drug-likeness (QED) is 0.628. The minimum absolute atomic E-state index is 0. The van der Waals surface area contributed by atoms with E-state index < -0.39 is 29.2 Å². The predicted molar refractivity (Wildman–Crippen MR) is 30.8 cm³/mol. The fourth-order valence-corrected chi connectivity index (χ4v) is 0. The Balaban J connectivity index is 0. The molecule has 0 aromatic heterocycles. The third-order valence-electron chi connectivity index (χ3n) is 0. The van der Waals surface area contributed by atoms with Crippen LogP contribution in [0.1, 0.15) is 0 Å². The van der Waals surface area contributed by atoms with E-state index in [2.05, 4.69) is 12.6 Å². The largest absolute Gasteiger partial charge is 2.00 e. The second-order valence-corrected chi connectivity index (χ2v) is 12.3. The molecule has 0 rings (SSSR count). The number of hydrogen-bond acceptors (Lipinski definition) is 0. The average molecular weight is 261 g/mol. The molecule has 0 aliphatic rings. The van der Waals surface area contributed by atoms with Gasteiger partial charge in [0.2, 0.25) is 0 Å². The Bertz CT molecular complexity index is 23.0. The van der Waals surface area contributed by atoms with Crippen molar-refractivity contribution in [2.24, 2.45) is 0 Å². The zero-order valence-electron chi connectivity index (χ0n) is 4.69. The molecule has 0 N–H and O–H groups in total. The third kappa shape index (κ3) is 46.8. The van der Waals surface area contributed by atoms with Crippen LogP contribution in [0.2, 0.25) is 12.6 Å². The van der Waals surface area contributed by atoms with Crippen molar-refractivity contribution in [3.05, 3.63) is 0 Å². The molecule has 0 amide bonds. The molecule has 0 unspecified atom stereocenters. The van der Waals surface area contributed by atoms with Gasteiger partial charge in [0.25, 0.3) is 0 Å². The molecule has 0 aliphatic heterocycles. The van der Waals surface area contributed by atoms with Crippen LogP contribution >= 0.6 is 0 Å². The van der Waals surface area contributed by atoms with E-state index in [1.807, 2.05) is 0 Å². The van der Waals surface area contributed by atoms with Gasteiger partial charge in [0.15, 0.2) is 0 Å². The van der Waals surface area contributed by atoms with E-state index >= 15 is 0 Å². The van der Waals surface area contributed by atoms with Crippen molar-refractivity contribution in [1.29, 1.82) is 0 Å². The number of hydrogen-bond donors (Lipinski definition) is 0. The van der Waals surface area contributed by atoms with E-state index in [1.54, 1.807) is 0 Å². The second kappa shape index (κ2) is 3.57. The Morgan fingerprint density at radius 1 is 0.833 bits per heavy atom. The fraction of sp³-hybridized carbons (Fsp3) is 1.00. The van der Waals surface area contributed by atoms with Gasteiger partial charge in [-0.1, -0.05) is 0 Å². The molecular weight excluding hydrogens is 249 g/mol. The Morgan fingerprint density at radius 2 is 0.833 bits per heavy atom. The van der Waals surface area contributed by atoms with Crippen LogP contribution in [0.5, 0.6) is 0 Å². The average Bonchev–Trinajstić information content (AvgIpc) is 0.722. The standard InChI is InChI=1S/4CH3.S.Tm/h4*1H3;;/q;;;;-2;+2. The summed E-state index contributed by atoms with van der Waals surface area (Å²) in [5.41, 5.74) is 0. The van der Waals surface area contributed by atoms with Gasteiger partial charge in [-0.2, -0.15) is 0 Å². The molecule has 0 aromatic carbocycles. The first-order chi connectivity index (χ1) is 2.00. The summed E-state index contributed by atoms with van der Waals surface area (Å²) in [5.74, 6) is 0. The first-order valence-electron chi connectivity index (χ1n) is 1.11. The maximum atomic E-state index is 2.35. The van der Waals surface area contributed by atoms with Crippen LogP contribution in [0.3, 0.4) is 0 Å². The summed E-state index contributed by atoms with van der Waals surface area (Å²) in [6, 6.07) is 0. The van der Waals surface area contributed by atoms with Gasteiger partial charge in [-0.25, -0.2) is 0 Å². The summed E-state index contributed by atoms with van der Waals surface area (Å²) >= 11 is -0.778. The van der Waals surface area contributed by atoms with Gasteiger partial charge in [0, 0.05) is 0 Å². The predicted octanol–water partition coefficient (Wildman–Crippen LogP) is 2.33. The normalized spacial score (nSPS) is 12.7. The first-order valence-corrected chi connectivity index (χ1v) is 8.23. The van der Waals surface area contributed by atoms with Gasteiger partial charge in [-0.3, -0.25) is 0 Å². The topological polar surface area (TPSA) is 0 Å². The molecule has 0 saturated heterocycles. The minimum Gasteiger partial charge on any atom is -2.00 e. The van der Waals surface area contributed by atoms with Gasteiger partial charge in [0.1, 0.15) is 0 Å². The van der Waals surface area contributed by atoms with Gasteiger partial charge in [0.05, 0.1) is 0 Å². The van der Waals surface area contributed by atoms with Crippen LogP contribution in [0.15, 0.2) is 0 Å². The summed E-state index contributed by atoms with van der Waals surface area (Å²) in [7, 11) is 0. The fourth-order valence-electron chi connectivity index (χ4n) is 0. The molecule has 0 nitrogen and oxygen atoms in total. The second-order valence-electron chi connectivity index (χ2n) is 1.66. The summed E-state index contributed by atoms with van der Waals surface area (Å²) in [4.78, 5) is 0. The van der Waals surface area contributed by atoms with Crippen molar-refractivity contribution < 1.29 is 29.2 Å². The van der Waals surface area contributed by atoms with Gasteiger partial charge in [-0.05, 0) is 0 Å². The molecule has 0 bridgehead atoms. The summed E-state index contributed by atoms with van der Waals surface area (Å²) < 4.78 is 9.39. The maximum Gasteiger partial charge on any atom is -2.00 e. The number of rotatable bonds is 0.